The van der Waals surface area contributed by atoms with Gasteiger partial charge in [0.2, 0.25) is 11.8 Å². The number of amides is 2. The summed E-state index contributed by atoms with van der Waals surface area (Å²) < 4.78 is 29.0. The average Bonchev–Trinajstić information content (AvgIpc) is 3.00. The van der Waals surface area contributed by atoms with Gasteiger partial charge in [-0.1, -0.05) is 102 Å². The highest BCUT2D eigenvalue weighted by Gasteiger charge is 2.35. The Morgan fingerprint density at radius 3 is 2.09 bits per heavy atom. The fourth-order valence-electron chi connectivity index (χ4n) is 4.60. The van der Waals surface area contributed by atoms with Crippen LogP contribution in [-0.2, 0) is 32.6 Å². The second-order valence-electron chi connectivity index (χ2n) is 9.65. The third-order valence-corrected chi connectivity index (χ3v) is 9.49. The van der Waals surface area contributed by atoms with Crippen LogP contribution < -0.4 is 9.62 Å². The number of halogens is 3. The van der Waals surface area contributed by atoms with Gasteiger partial charge < -0.3 is 10.2 Å². The first-order chi connectivity index (χ1) is 20.6. The highest BCUT2D eigenvalue weighted by molar-refractivity contribution is 7.92. The Bertz CT molecular complexity index is 1670. The molecule has 0 saturated carbocycles. The van der Waals surface area contributed by atoms with E-state index in [9.17, 15) is 18.0 Å². The second-order valence-corrected chi connectivity index (χ2v) is 12.7. The molecule has 224 valence electrons. The molecule has 0 saturated heterocycles. The van der Waals surface area contributed by atoms with Crippen molar-refractivity contribution in [3.63, 3.8) is 0 Å². The quantitative estimate of drug-likeness (QED) is 0.185. The van der Waals surface area contributed by atoms with Gasteiger partial charge in [0.25, 0.3) is 10.0 Å². The summed E-state index contributed by atoms with van der Waals surface area (Å²) >= 11 is 19.0. The van der Waals surface area contributed by atoms with E-state index in [1.165, 1.54) is 29.2 Å². The van der Waals surface area contributed by atoms with E-state index in [-0.39, 0.29) is 39.5 Å². The van der Waals surface area contributed by atoms with E-state index < -0.39 is 28.5 Å². The van der Waals surface area contributed by atoms with Crippen molar-refractivity contribution in [2.45, 2.75) is 30.8 Å². The fraction of sp³-hybridized carbons (Fsp3) is 0.188. The van der Waals surface area contributed by atoms with Crippen LogP contribution in [0.3, 0.4) is 0 Å². The molecule has 4 rings (SSSR count). The summed E-state index contributed by atoms with van der Waals surface area (Å²) in [6.07, 6.45) is 0.197. The summed E-state index contributed by atoms with van der Waals surface area (Å²) in [4.78, 5) is 29.2. The minimum Gasteiger partial charge on any atom is -0.355 e. The Kier molecular flexibility index (Phi) is 11.1. The SMILES string of the molecule is CCNC(=O)[C@@H](Cc1ccccc1)N(Cc1cccc(Cl)c1)C(=O)CN(c1cccc(Cl)c1Cl)S(=O)(=O)c1ccccc1. The van der Waals surface area contributed by atoms with Gasteiger partial charge in [-0.2, -0.15) is 0 Å². The lowest BCUT2D eigenvalue weighted by atomic mass is 10.0. The molecular weight excluding hydrogens is 629 g/mol. The third-order valence-electron chi connectivity index (χ3n) is 6.67. The number of hydrogen-bond donors (Lipinski definition) is 1. The Labute approximate surface area is 267 Å². The van der Waals surface area contributed by atoms with Gasteiger partial charge in [0.1, 0.15) is 12.6 Å². The zero-order valence-electron chi connectivity index (χ0n) is 23.3. The third kappa shape index (κ3) is 8.09. The van der Waals surface area contributed by atoms with Crippen molar-refractivity contribution >= 4 is 62.3 Å². The average molecular weight is 659 g/mol. The molecule has 0 heterocycles. The lowest BCUT2D eigenvalue weighted by molar-refractivity contribution is -0.140. The zero-order chi connectivity index (χ0) is 31.0. The van der Waals surface area contributed by atoms with Gasteiger partial charge in [0, 0.05) is 24.5 Å². The molecule has 0 aromatic heterocycles. The van der Waals surface area contributed by atoms with Gasteiger partial charge in [0.05, 0.1) is 20.6 Å². The number of likely N-dealkylation sites (N-methyl/N-ethyl adjacent to an activating group) is 1. The summed E-state index contributed by atoms with van der Waals surface area (Å²) in [5.41, 5.74) is 1.53. The van der Waals surface area contributed by atoms with Crippen LogP contribution in [0.15, 0.2) is 108 Å². The molecule has 0 aliphatic rings. The molecular formula is C32H30Cl3N3O4S. The molecule has 0 spiro atoms. The minimum absolute atomic E-state index is 0.00344. The van der Waals surface area contributed by atoms with Crippen molar-refractivity contribution in [1.82, 2.24) is 10.2 Å². The van der Waals surface area contributed by atoms with Crippen LogP contribution in [0.5, 0.6) is 0 Å². The summed E-state index contributed by atoms with van der Waals surface area (Å²) in [6, 6.07) is 27.6. The Morgan fingerprint density at radius 1 is 0.814 bits per heavy atom. The molecule has 1 atom stereocenters. The van der Waals surface area contributed by atoms with Gasteiger partial charge >= 0.3 is 0 Å². The fourth-order valence-corrected chi connectivity index (χ4v) is 6.70. The number of nitrogens with one attached hydrogen (secondary N) is 1. The number of rotatable bonds is 12. The number of carbonyl (C=O) groups excluding carboxylic acids is 2. The molecule has 0 bridgehead atoms. The van der Waals surface area contributed by atoms with E-state index in [4.69, 9.17) is 34.8 Å². The van der Waals surface area contributed by atoms with Crippen LogP contribution in [-0.4, -0.2) is 44.3 Å². The normalized spacial score (nSPS) is 11.9. The maximum Gasteiger partial charge on any atom is 0.264 e. The lowest BCUT2D eigenvalue weighted by Gasteiger charge is -2.34. The second kappa shape index (κ2) is 14.8. The van der Waals surface area contributed by atoms with E-state index in [1.54, 1.807) is 55.5 Å². The van der Waals surface area contributed by atoms with Crippen LogP contribution in [0.1, 0.15) is 18.1 Å². The maximum atomic E-state index is 14.4. The zero-order valence-corrected chi connectivity index (χ0v) is 26.4. The number of nitrogens with zero attached hydrogens (tertiary/aromatic N) is 2. The summed E-state index contributed by atoms with van der Waals surface area (Å²) in [6.45, 7) is 1.48. The van der Waals surface area contributed by atoms with Crippen LogP contribution >= 0.6 is 34.8 Å². The van der Waals surface area contributed by atoms with Gasteiger partial charge in [-0.15, -0.1) is 0 Å². The van der Waals surface area contributed by atoms with Gasteiger partial charge in [-0.05, 0) is 54.4 Å². The molecule has 4 aromatic rings. The highest BCUT2D eigenvalue weighted by atomic mass is 35.5. The predicted octanol–water partition coefficient (Wildman–Crippen LogP) is 6.62. The molecule has 2 amide bonds. The van der Waals surface area contributed by atoms with Crippen molar-refractivity contribution in [3.05, 3.63) is 129 Å². The molecule has 1 N–H and O–H groups in total. The lowest BCUT2D eigenvalue weighted by Crippen LogP contribution is -2.53. The summed E-state index contributed by atoms with van der Waals surface area (Å²) in [7, 11) is -4.30. The first-order valence-electron chi connectivity index (χ1n) is 13.5. The molecule has 0 radical (unpaired) electrons. The number of hydrogen-bond acceptors (Lipinski definition) is 4. The van der Waals surface area contributed by atoms with E-state index in [0.717, 1.165) is 9.87 Å². The van der Waals surface area contributed by atoms with Crippen molar-refractivity contribution in [3.8, 4) is 0 Å². The largest absolute Gasteiger partial charge is 0.355 e. The molecule has 4 aromatic carbocycles. The number of sulfonamides is 1. The van der Waals surface area contributed by atoms with E-state index in [2.05, 4.69) is 5.32 Å². The van der Waals surface area contributed by atoms with E-state index >= 15 is 0 Å². The molecule has 0 aliphatic carbocycles. The topological polar surface area (TPSA) is 86.8 Å². The molecule has 0 fully saturated rings. The Morgan fingerprint density at radius 2 is 1.44 bits per heavy atom. The van der Waals surface area contributed by atoms with Crippen molar-refractivity contribution in [2.75, 3.05) is 17.4 Å². The summed E-state index contributed by atoms with van der Waals surface area (Å²) in [5.74, 6) is -0.998. The van der Waals surface area contributed by atoms with Crippen LogP contribution in [0.4, 0.5) is 5.69 Å². The van der Waals surface area contributed by atoms with E-state index in [1.807, 2.05) is 30.3 Å². The number of benzene rings is 4. The summed E-state index contributed by atoms with van der Waals surface area (Å²) in [5, 5.41) is 3.39. The maximum absolute atomic E-state index is 14.4. The highest BCUT2D eigenvalue weighted by Crippen LogP contribution is 2.35. The molecule has 7 nitrogen and oxygen atoms in total. The van der Waals surface area contributed by atoms with Crippen molar-refractivity contribution in [1.29, 1.82) is 0 Å². The van der Waals surface area contributed by atoms with Gasteiger partial charge in [-0.3, -0.25) is 13.9 Å². The van der Waals surface area contributed by atoms with Crippen molar-refractivity contribution in [2.24, 2.45) is 0 Å². The van der Waals surface area contributed by atoms with Gasteiger partial charge in [0.15, 0.2) is 0 Å². The number of carbonyl (C=O) groups is 2. The van der Waals surface area contributed by atoms with Crippen LogP contribution in [0, 0.1) is 0 Å². The molecule has 0 aliphatic heterocycles. The standard InChI is InChI=1S/C32H30Cl3N3O4S/c1-2-36-32(40)29(20-23-11-5-3-6-12-23)37(21-24-13-9-14-25(33)19-24)30(39)22-38(28-18-10-17-27(34)31(28)35)43(41,42)26-15-7-4-8-16-26/h3-19,29H,2,20-22H2,1H3,(H,36,40)/t29-/m1/s1. The number of anilines is 1. The van der Waals surface area contributed by atoms with Gasteiger partial charge in [-0.25, -0.2) is 8.42 Å². The van der Waals surface area contributed by atoms with Crippen LogP contribution in [0.2, 0.25) is 15.1 Å². The first kappa shape index (κ1) is 32.4. The molecule has 43 heavy (non-hydrogen) atoms. The Hall–Kier alpha value is -3.56. The van der Waals surface area contributed by atoms with Crippen LogP contribution in [0.25, 0.3) is 0 Å². The van der Waals surface area contributed by atoms with E-state index in [0.29, 0.717) is 17.1 Å². The predicted molar refractivity (Wildman–Crippen MR) is 172 cm³/mol. The molecule has 11 heteroatoms. The minimum atomic E-state index is -4.30. The first-order valence-corrected chi connectivity index (χ1v) is 16.1. The molecule has 0 unspecified atom stereocenters. The van der Waals surface area contributed by atoms with Crippen molar-refractivity contribution < 1.29 is 18.0 Å². The Balaban J connectivity index is 1.82. The monoisotopic (exact) mass is 657 g/mol. The smallest absolute Gasteiger partial charge is 0.264 e.